The number of ether oxygens (including phenoxy) is 1. The SMILES string of the molecule is CC(C)CC(C)OCc1cn(CC(C)C)nn1. The van der Waals surface area contributed by atoms with Crippen molar-refractivity contribution in [3.05, 3.63) is 11.9 Å². The highest BCUT2D eigenvalue weighted by molar-refractivity contribution is 4.89. The van der Waals surface area contributed by atoms with Crippen molar-refractivity contribution in [1.29, 1.82) is 0 Å². The normalized spacial score (nSPS) is 13.6. The molecule has 1 unspecified atom stereocenters. The first kappa shape index (κ1) is 14.2. The lowest BCUT2D eigenvalue weighted by atomic mass is 10.1. The van der Waals surface area contributed by atoms with E-state index in [0.29, 0.717) is 18.4 Å². The van der Waals surface area contributed by atoms with Gasteiger partial charge < -0.3 is 4.74 Å². The lowest BCUT2D eigenvalue weighted by Gasteiger charge is -2.13. The van der Waals surface area contributed by atoms with E-state index in [1.54, 1.807) is 0 Å². The summed E-state index contributed by atoms with van der Waals surface area (Å²) in [5.41, 5.74) is 0.918. The minimum Gasteiger partial charge on any atom is -0.372 e. The summed E-state index contributed by atoms with van der Waals surface area (Å²) in [5.74, 6) is 1.26. The molecule has 98 valence electrons. The monoisotopic (exact) mass is 239 g/mol. The van der Waals surface area contributed by atoms with Gasteiger partial charge in [0.2, 0.25) is 0 Å². The highest BCUT2D eigenvalue weighted by Gasteiger charge is 2.08. The molecule has 0 spiro atoms. The fraction of sp³-hybridized carbons (Fsp3) is 0.846. The molecule has 0 fully saturated rings. The third-order valence-electron chi connectivity index (χ3n) is 2.46. The molecule has 1 atom stereocenters. The maximum Gasteiger partial charge on any atom is 0.108 e. The molecule has 17 heavy (non-hydrogen) atoms. The molecule has 1 aromatic rings. The highest BCUT2D eigenvalue weighted by Crippen LogP contribution is 2.09. The molecule has 0 aliphatic carbocycles. The summed E-state index contributed by atoms with van der Waals surface area (Å²) in [6.07, 6.45) is 3.34. The average molecular weight is 239 g/mol. The summed E-state index contributed by atoms with van der Waals surface area (Å²) < 4.78 is 7.63. The van der Waals surface area contributed by atoms with Crippen LogP contribution in [0, 0.1) is 11.8 Å². The van der Waals surface area contributed by atoms with Gasteiger partial charge in [0.05, 0.1) is 18.9 Å². The zero-order valence-electron chi connectivity index (χ0n) is 11.7. The Morgan fingerprint density at radius 2 is 1.88 bits per heavy atom. The van der Waals surface area contributed by atoms with Gasteiger partial charge in [-0.05, 0) is 25.2 Å². The van der Waals surface area contributed by atoms with Crippen molar-refractivity contribution in [2.75, 3.05) is 0 Å². The standard InChI is InChI=1S/C13H25N3O/c1-10(2)6-12(5)17-9-13-8-16(15-14-13)7-11(3)4/h8,10-12H,6-7,9H2,1-5H3. The molecule has 1 rings (SSSR count). The Morgan fingerprint density at radius 1 is 1.18 bits per heavy atom. The number of hydrogen-bond donors (Lipinski definition) is 0. The van der Waals surface area contributed by atoms with Crippen LogP contribution in [-0.4, -0.2) is 21.1 Å². The number of rotatable bonds is 7. The summed E-state index contributed by atoms with van der Waals surface area (Å²) >= 11 is 0. The van der Waals surface area contributed by atoms with E-state index in [-0.39, 0.29) is 6.10 Å². The molecule has 0 aliphatic heterocycles. The minimum absolute atomic E-state index is 0.283. The Labute approximate surface area is 104 Å². The fourth-order valence-corrected chi connectivity index (χ4v) is 1.83. The third-order valence-corrected chi connectivity index (χ3v) is 2.46. The molecule has 0 aromatic carbocycles. The van der Waals surface area contributed by atoms with E-state index in [2.05, 4.69) is 44.9 Å². The average Bonchev–Trinajstić information content (AvgIpc) is 2.60. The molecule has 1 heterocycles. The molecule has 0 amide bonds. The van der Waals surface area contributed by atoms with Gasteiger partial charge >= 0.3 is 0 Å². The van der Waals surface area contributed by atoms with E-state index < -0.39 is 0 Å². The van der Waals surface area contributed by atoms with Gasteiger partial charge in [-0.2, -0.15) is 0 Å². The molecule has 0 bridgehead atoms. The van der Waals surface area contributed by atoms with E-state index in [1.807, 2.05) is 10.9 Å². The van der Waals surface area contributed by atoms with Gasteiger partial charge in [-0.3, -0.25) is 4.68 Å². The molecule has 4 nitrogen and oxygen atoms in total. The smallest absolute Gasteiger partial charge is 0.108 e. The molecule has 0 aliphatic rings. The molecular weight excluding hydrogens is 214 g/mol. The van der Waals surface area contributed by atoms with Crippen molar-refractivity contribution in [2.24, 2.45) is 11.8 Å². The first-order valence-electron chi connectivity index (χ1n) is 6.48. The Hall–Kier alpha value is -0.900. The number of aromatic nitrogens is 3. The van der Waals surface area contributed by atoms with Crippen molar-refractivity contribution in [2.45, 2.75) is 60.3 Å². The lowest BCUT2D eigenvalue weighted by Crippen LogP contribution is -2.11. The van der Waals surface area contributed by atoms with Crippen LogP contribution in [0.5, 0.6) is 0 Å². The quantitative estimate of drug-likeness (QED) is 0.734. The van der Waals surface area contributed by atoms with Crippen LogP contribution in [0.15, 0.2) is 6.20 Å². The second-order valence-electron chi connectivity index (χ2n) is 5.58. The Morgan fingerprint density at radius 3 is 2.47 bits per heavy atom. The number of hydrogen-bond acceptors (Lipinski definition) is 3. The van der Waals surface area contributed by atoms with E-state index in [4.69, 9.17) is 4.74 Å². The summed E-state index contributed by atoms with van der Waals surface area (Å²) in [6, 6.07) is 0. The van der Waals surface area contributed by atoms with E-state index in [9.17, 15) is 0 Å². The van der Waals surface area contributed by atoms with Gasteiger partial charge in [0.1, 0.15) is 5.69 Å². The van der Waals surface area contributed by atoms with E-state index in [0.717, 1.165) is 18.7 Å². The van der Waals surface area contributed by atoms with Crippen molar-refractivity contribution >= 4 is 0 Å². The van der Waals surface area contributed by atoms with Gasteiger partial charge in [-0.25, -0.2) is 0 Å². The summed E-state index contributed by atoms with van der Waals surface area (Å²) in [5, 5.41) is 8.19. The van der Waals surface area contributed by atoms with Gasteiger partial charge in [0.15, 0.2) is 0 Å². The van der Waals surface area contributed by atoms with Crippen LogP contribution in [0.3, 0.4) is 0 Å². The summed E-state index contributed by atoms with van der Waals surface area (Å²) in [7, 11) is 0. The van der Waals surface area contributed by atoms with Crippen LogP contribution in [-0.2, 0) is 17.9 Å². The van der Waals surface area contributed by atoms with Crippen LogP contribution in [0.2, 0.25) is 0 Å². The van der Waals surface area contributed by atoms with Crippen LogP contribution < -0.4 is 0 Å². The molecular formula is C13H25N3O. The number of nitrogens with zero attached hydrogens (tertiary/aromatic N) is 3. The Bertz CT molecular complexity index is 320. The zero-order valence-corrected chi connectivity index (χ0v) is 11.7. The van der Waals surface area contributed by atoms with Gasteiger partial charge in [0, 0.05) is 6.54 Å². The zero-order chi connectivity index (χ0) is 12.8. The molecule has 4 heteroatoms. The molecule has 0 N–H and O–H groups in total. The maximum absolute atomic E-state index is 5.74. The minimum atomic E-state index is 0.283. The topological polar surface area (TPSA) is 39.9 Å². The summed E-state index contributed by atoms with van der Waals surface area (Å²) in [6.45, 7) is 12.3. The first-order chi connectivity index (χ1) is 7.97. The molecule has 0 saturated heterocycles. The van der Waals surface area contributed by atoms with E-state index in [1.165, 1.54) is 0 Å². The predicted octanol–water partition coefficient (Wildman–Crippen LogP) is 2.89. The molecule has 1 aromatic heterocycles. The first-order valence-corrected chi connectivity index (χ1v) is 6.48. The summed E-state index contributed by atoms with van der Waals surface area (Å²) in [4.78, 5) is 0. The second-order valence-corrected chi connectivity index (χ2v) is 5.58. The molecule has 0 radical (unpaired) electrons. The van der Waals surface area contributed by atoms with Crippen molar-refractivity contribution in [3.63, 3.8) is 0 Å². The Kier molecular flexibility index (Phi) is 5.62. The van der Waals surface area contributed by atoms with Crippen LogP contribution in [0.4, 0.5) is 0 Å². The van der Waals surface area contributed by atoms with Crippen molar-refractivity contribution in [1.82, 2.24) is 15.0 Å². The fourth-order valence-electron chi connectivity index (χ4n) is 1.83. The van der Waals surface area contributed by atoms with Crippen LogP contribution in [0.25, 0.3) is 0 Å². The van der Waals surface area contributed by atoms with Gasteiger partial charge in [-0.15, -0.1) is 5.10 Å². The van der Waals surface area contributed by atoms with Crippen LogP contribution >= 0.6 is 0 Å². The van der Waals surface area contributed by atoms with E-state index >= 15 is 0 Å². The maximum atomic E-state index is 5.74. The largest absolute Gasteiger partial charge is 0.372 e. The van der Waals surface area contributed by atoms with Crippen molar-refractivity contribution < 1.29 is 4.74 Å². The van der Waals surface area contributed by atoms with Crippen LogP contribution in [0.1, 0.15) is 46.7 Å². The highest BCUT2D eigenvalue weighted by atomic mass is 16.5. The molecule has 0 saturated carbocycles. The van der Waals surface area contributed by atoms with Crippen molar-refractivity contribution in [3.8, 4) is 0 Å². The van der Waals surface area contributed by atoms with Gasteiger partial charge in [0.25, 0.3) is 0 Å². The second kappa shape index (κ2) is 6.74. The third kappa shape index (κ3) is 5.82. The lowest BCUT2D eigenvalue weighted by molar-refractivity contribution is 0.0378. The predicted molar refractivity (Wildman–Crippen MR) is 68.6 cm³/mol. The Balaban J connectivity index is 2.34. The van der Waals surface area contributed by atoms with Gasteiger partial charge in [-0.1, -0.05) is 32.9 Å².